The number of para-hydroxylation sites is 1. The third-order valence-electron chi connectivity index (χ3n) is 5.31. The first-order chi connectivity index (χ1) is 12.3. The number of benzene rings is 2. The van der Waals surface area contributed by atoms with E-state index in [9.17, 15) is 0 Å². The Bertz CT molecular complexity index is 738. The summed E-state index contributed by atoms with van der Waals surface area (Å²) in [6.45, 7) is 1.52. The molecule has 0 spiro atoms. The van der Waals surface area contributed by atoms with Crippen LogP contribution in [0.15, 0.2) is 59.6 Å². The van der Waals surface area contributed by atoms with E-state index in [0.717, 1.165) is 18.7 Å². The van der Waals surface area contributed by atoms with Crippen LogP contribution >= 0.6 is 0 Å². The first-order valence-corrected chi connectivity index (χ1v) is 9.12. The van der Waals surface area contributed by atoms with Crippen LogP contribution in [0.1, 0.15) is 42.3 Å². The van der Waals surface area contributed by atoms with Gasteiger partial charge in [-0.15, -0.1) is 0 Å². The summed E-state index contributed by atoms with van der Waals surface area (Å²) in [5, 5.41) is 3.37. The van der Waals surface area contributed by atoms with Crippen LogP contribution in [0.5, 0.6) is 5.75 Å². The van der Waals surface area contributed by atoms with Crippen molar-refractivity contribution >= 4 is 5.96 Å². The molecule has 0 radical (unpaired) electrons. The van der Waals surface area contributed by atoms with Crippen LogP contribution in [-0.2, 0) is 0 Å². The van der Waals surface area contributed by atoms with E-state index in [0.29, 0.717) is 24.4 Å². The van der Waals surface area contributed by atoms with Gasteiger partial charge in [0.25, 0.3) is 0 Å². The summed E-state index contributed by atoms with van der Waals surface area (Å²) in [4.78, 5) is 4.58. The average Bonchev–Trinajstić information content (AvgIpc) is 2.62. The highest BCUT2D eigenvalue weighted by Gasteiger charge is 2.30. The zero-order chi connectivity index (χ0) is 17.1. The zero-order valence-corrected chi connectivity index (χ0v) is 14.4. The van der Waals surface area contributed by atoms with Crippen LogP contribution in [0.25, 0.3) is 0 Å². The SMILES string of the molecule is NC(=NCC1CC(c2ccccc2)C1)NC1CCOc2ccccc21. The monoisotopic (exact) mass is 335 g/mol. The summed E-state index contributed by atoms with van der Waals surface area (Å²) < 4.78 is 5.69. The summed E-state index contributed by atoms with van der Waals surface area (Å²) in [6.07, 6.45) is 3.33. The van der Waals surface area contributed by atoms with Gasteiger partial charge in [0.05, 0.1) is 12.6 Å². The predicted molar refractivity (Wildman–Crippen MR) is 101 cm³/mol. The molecular formula is C21H25N3O. The van der Waals surface area contributed by atoms with Crippen molar-refractivity contribution in [3.63, 3.8) is 0 Å². The maximum Gasteiger partial charge on any atom is 0.189 e. The number of rotatable bonds is 4. The Morgan fingerprint density at radius 2 is 1.84 bits per heavy atom. The molecule has 1 aliphatic heterocycles. The number of nitrogens with one attached hydrogen (secondary N) is 1. The lowest BCUT2D eigenvalue weighted by Crippen LogP contribution is -2.38. The second kappa shape index (κ2) is 7.18. The molecule has 3 N–H and O–H groups in total. The van der Waals surface area contributed by atoms with Gasteiger partial charge in [-0.3, -0.25) is 4.99 Å². The minimum Gasteiger partial charge on any atom is -0.493 e. The van der Waals surface area contributed by atoms with Gasteiger partial charge in [0, 0.05) is 18.5 Å². The second-order valence-electron chi connectivity index (χ2n) is 7.04. The molecule has 0 bridgehead atoms. The second-order valence-corrected chi connectivity index (χ2v) is 7.04. The van der Waals surface area contributed by atoms with E-state index in [1.165, 1.54) is 24.0 Å². The normalized spacial score (nSPS) is 25.4. The molecule has 2 aliphatic rings. The summed E-state index contributed by atoms with van der Waals surface area (Å²) in [7, 11) is 0. The van der Waals surface area contributed by atoms with Crippen LogP contribution in [-0.4, -0.2) is 19.1 Å². The summed E-state index contributed by atoms with van der Waals surface area (Å²) in [5.41, 5.74) is 8.75. The van der Waals surface area contributed by atoms with Gasteiger partial charge in [-0.1, -0.05) is 48.5 Å². The number of hydrogen-bond donors (Lipinski definition) is 2. The van der Waals surface area contributed by atoms with Gasteiger partial charge in [0.2, 0.25) is 0 Å². The van der Waals surface area contributed by atoms with Crippen molar-refractivity contribution < 1.29 is 4.74 Å². The molecule has 2 aromatic carbocycles. The smallest absolute Gasteiger partial charge is 0.189 e. The van der Waals surface area contributed by atoms with E-state index >= 15 is 0 Å². The maximum atomic E-state index is 6.13. The van der Waals surface area contributed by atoms with E-state index < -0.39 is 0 Å². The molecule has 0 amide bonds. The van der Waals surface area contributed by atoms with Crippen LogP contribution in [0, 0.1) is 5.92 Å². The van der Waals surface area contributed by atoms with E-state index in [1.54, 1.807) is 0 Å². The summed E-state index contributed by atoms with van der Waals surface area (Å²) in [5.74, 6) is 2.83. The Balaban J connectivity index is 1.29. The Hall–Kier alpha value is -2.49. The number of ether oxygens (including phenoxy) is 1. The molecule has 1 atom stereocenters. The molecule has 0 saturated heterocycles. The van der Waals surface area contributed by atoms with Gasteiger partial charge in [-0.25, -0.2) is 0 Å². The van der Waals surface area contributed by atoms with Crippen molar-refractivity contribution in [3.8, 4) is 5.75 Å². The molecule has 25 heavy (non-hydrogen) atoms. The van der Waals surface area contributed by atoms with E-state index in [2.05, 4.69) is 46.7 Å². The fourth-order valence-electron chi connectivity index (χ4n) is 3.83. The van der Waals surface area contributed by atoms with E-state index in [-0.39, 0.29) is 6.04 Å². The van der Waals surface area contributed by atoms with Gasteiger partial charge in [-0.2, -0.15) is 0 Å². The molecule has 1 unspecified atom stereocenters. The lowest BCUT2D eigenvalue weighted by molar-refractivity contribution is 0.261. The Morgan fingerprint density at radius 3 is 2.68 bits per heavy atom. The van der Waals surface area contributed by atoms with Crippen LogP contribution in [0.4, 0.5) is 0 Å². The van der Waals surface area contributed by atoms with E-state index in [1.807, 2.05) is 18.2 Å². The zero-order valence-electron chi connectivity index (χ0n) is 14.4. The molecule has 2 aromatic rings. The Morgan fingerprint density at radius 1 is 1.08 bits per heavy atom. The van der Waals surface area contributed by atoms with E-state index in [4.69, 9.17) is 10.5 Å². The number of guanidine groups is 1. The standard InChI is InChI=1S/C21H25N3O/c22-21(24-19-10-11-25-20-9-5-4-8-18(19)20)23-14-15-12-17(13-15)16-6-2-1-3-7-16/h1-9,15,17,19H,10-14H2,(H3,22,23,24). The molecular weight excluding hydrogens is 310 g/mol. The van der Waals surface area contributed by atoms with Gasteiger partial charge in [-0.05, 0) is 36.3 Å². The van der Waals surface area contributed by atoms with Crippen molar-refractivity contribution in [2.24, 2.45) is 16.6 Å². The molecule has 1 heterocycles. The van der Waals surface area contributed by atoms with Crippen molar-refractivity contribution in [2.45, 2.75) is 31.2 Å². The van der Waals surface area contributed by atoms with Gasteiger partial charge in [0.15, 0.2) is 5.96 Å². The first kappa shape index (κ1) is 16.0. The lowest BCUT2D eigenvalue weighted by Gasteiger charge is -2.35. The molecule has 4 heteroatoms. The minimum absolute atomic E-state index is 0.187. The lowest BCUT2D eigenvalue weighted by atomic mass is 9.71. The number of nitrogens with two attached hydrogens (primary N) is 1. The topological polar surface area (TPSA) is 59.6 Å². The molecule has 4 rings (SSSR count). The third-order valence-corrected chi connectivity index (χ3v) is 5.31. The van der Waals surface area contributed by atoms with Gasteiger partial charge in [0.1, 0.15) is 5.75 Å². The molecule has 130 valence electrons. The first-order valence-electron chi connectivity index (χ1n) is 9.12. The van der Waals surface area contributed by atoms with Crippen LogP contribution < -0.4 is 15.8 Å². The highest BCUT2D eigenvalue weighted by Crippen LogP contribution is 2.41. The molecule has 1 aliphatic carbocycles. The quantitative estimate of drug-likeness (QED) is 0.663. The van der Waals surface area contributed by atoms with Gasteiger partial charge < -0.3 is 15.8 Å². The highest BCUT2D eigenvalue weighted by molar-refractivity contribution is 5.78. The van der Waals surface area contributed by atoms with Crippen LogP contribution in [0.3, 0.4) is 0 Å². The molecule has 0 aromatic heterocycles. The summed E-state index contributed by atoms with van der Waals surface area (Å²) in [6, 6.07) is 19.1. The maximum absolute atomic E-state index is 6.13. The highest BCUT2D eigenvalue weighted by atomic mass is 16.5. The van der Waals surface area contributed by atoms with Crippen LogP contribution in [0.2, 0.25) is 0 Å². The van der Waals surface area contributed by atoms with Crippen molar-refractivity contribution in [2.75, 3.05) is 13.2 Å². The predicted octanol–water partition coefficient (Wildman–Crippen LogP) is 3.61. The Labute approximate surface area is 149 Å². The number of aliphatic imine (C=N–C) groups is 1. The largest absolute Gasteiger partial charge is 0.493 e. The fourth-order valence-corrected chi connectivity index (χ4v) is 3.83. The number of hydrogen-bond acceptors (Lipinski definition) is 2. The van der Waals surface area contributed by atoms with Crippen molar-refractivity contribution in [1.82, 2.24) is 5.32 Å². The molecule has 1 saturated carbocycles. The fraction of sp³-hybridized carbons (Fsp3) is 0.381. The summed E-state index contributed by atoms with van der Waals surface area (Å²) >= 11 is 0. The number of nitrogens with zero attached hydrogens (tertiary/aromatic N) is 1. The van der Waals surface area contributed by atoms with Crippen molar-refractivity contribution in [3.05, 3.63) is 65.7 Å². The average molecular weight is 335 g/mol. The molecule has 1 fully saturated rings. The van der Waals surface area contributed by atoms with Crippen molar-refractivity contribution in [1.29, 1.82) is 0 Å². The molecule has 4 nitrogen and oxygen atoms in total. The minimum atomic E-state index is 0.187. The third kappa shape index (κ3) is 3.63. The van der Waals surface area contributed by atoms with Gasteiger partial charge >= 0.3 is 0 Å². The Kier molecular flexibility index (Phi) is 4.59. The number of fused-ring (bicyclic) bond motifs is 1.